The van der Waals surface area contributed by atoms with Crippen LogP contribution in [-0.2, 0) is 6.61 Å². The topological polar surface area (TPSA) is 22.1 Å². The van der Waals surface area contributed by atoms with Gasteiger partial charge in [0.2, 0.25) is 0 Å². The van der Waals surface area contributed by atoms with Crippen LogP contribution in [0.25, 0.3) is 0 Å². The van der Waals surface area contributed by atoms with Crippen LogP contribution < -0.4 is 4.74 Å². The Morgan fingerprint density at radius 1 is 1.43 bits per heavy atom. The Hall–Kier alpha value is -0.620. The van der Waals surface area contributed by atoms with Gasteiger partial charge in [0, 0.05) is 8.95 Å². The molecule has 72 valence electrons. The molecule has 1 aromatic carbocycles. The van der Waals surface area contributed by atoms with Crippen LogP contribution in [0.15, 0.2) is 35.2 Å². The molecule has 0 radical (unpaired) electrons. The predicted molar refractivity (Wildman–Crippen MR) is 65.6 cm³/mol. The molecule has 2 rings (SSSR count). The second kappa shape index (κ2) is 4.75. The van der Waals surface area contributed by atoms with Crippen LogP contribution in [0.4, 0.5) is 0 Å². The van der Waals surface area contributed by atoms with E-state index in [1.165, 1.54) is 3.57 Å². The van der Waals surface area contributed by atoms with Gasteiger partial charge in [0.05, 0.1) is 11.2 Å². The van der Waals surface area contributed by atoms with Crippen molar-refractivity contribution in [3.05, 3.63) is 44.4 Å². The Morgan fingerprint density at radius 3 is 3.07 bits per heavy atom. The number of hydrogen-bond acceptors (Lipinski definition) is 3. The van der Waals surface area contributed by atoms with Gasteiger partial charge < -0.3 is 4.74 Å². The summed E-state index contributed by atoms with van der Waals surface area (Å²) in [4.78, 5) is 4.15. The second-order valence-corrected chi connectivity index (χ2v) is 4.69. The average molecular weight is 317 g/mol. The molecule has 4 heteroatoms. The number of halogens is 1. The lowest BCUT2D eigenvalue weighted by Crippen LogP contribution is -1.95. The van der Waals surface area contributed by atoms with E-state index in [2.05, 4.69) is 27.6 Å². The summed E-state index contributed by atoms with van der Waals surface area (Å²) in [5.41, 5.74) is 2.79. The quantitative estimate of drug-likeness (QED) is 0.810. The highest BCUT2D eigenvalue weighted by molar-refractivity contribution is 14.1. The van der Waals surface area contributed by atoms with Gasteiger partial charge in [-0.25, -0.2) is 4.98 Å². The Balaban J connectivity index is 1.98. The summed E-state index contributed by atoms with van der Waals surface area (Å²) in [5, 5.41) is 1.99. The molecule has 2 aromatic rings. The number of rotatable bonds is 3. The number of ether oxygens (including phenoxy) is 1. The fourth-order valence-electron chi connectivity index (χ4n) is 1.02. The highest BCUT2D eigenvalue weighted by Crippen LogP contribution is 2.16. The van der Waals surface area contributed by atoms with Gasteiger partial charge in [-0.05, 0) is 40.8 Å². The molecule has 1 aromatic heterocycles. The molecule has 0 N–H and O–H groups in total. The van der Waals surface area contributed by atoms with Crippen LogP contribution in [0.5, 0.6) is 5.75 Å². The number of thiazole rings is 1. The van der Waals surface area contributed by atoms with Crippen molar-refractivity contribution >= 4 is 33.9 Å². The van der Waals surface area contributed by atoms with E-state index in [0.29, 0.717) is 6.61 Å². The first-order valence-corrected chi connectivity index (χ1v) is 6.12. The Labute approximate surface area is 100 Å². The summed E-state index contributed by atoms with van der Waals surface area (Å²) >= 11 is 3.85. The number of benzene rings is 1. The number of nitrogens with zero attached hydrogens (tertiary/aromatic N) is 1. The molecule has 0 spiro atoms. The van der Waals surface area contributed by atoms with Crippen molar-refractivity contribution in [1.82, 2.24) is 4.98 Å². The third-order valence-electron chi connectivity index (χ3n) is 1.67. The first-order valence-electron chi connectivity index (χ1n) is 4.10. The minimum Gasteiger partial charge on any atom is -0.487 e. The highest BCUT2D eigenvalue weighted by Gasteiger charge is 1.97. The van der Waals surface area contributed by atoms with Gasteiger partial charge in [-0.3, -0.25) is 0 Å². The van der Waals surface area contributed by atoms with Crippen molar-refractivity contribution in [2.24, 2.45) is 0 Å². The average Bonchev–Trinajstić information content (AvgIpc) is 2.67. The number of aromatic nitrogens is 1. The first kappa shape index (κ1) is 9.92. The first-order chi connectivity index (χ1) is 6.84. The third-order valence-corrected chi connectivity index (χ3v) is 2.97. The summed E-state index contributed by atoms with van der Waals surface area (Å²) in [6.45, 7) is 0.545. The number of hydrogen-bond donors (Lipinski definition) is 0. The van der Waals surface area contributed by atoms with Crippen LogP contribution in [0.2, 0.25) is 0 Å². The SMILES string of the molecule is Ic1cccc(OCc2cscn2)c1. The summed E-state index contributed by atoms with van der Waals surface area (Å²) in [7, 11) is 0. The van der Waals surface area contributed by atoms with E-state index >= 15 is 0 Å². The van der Waals surface area contributed by atoms with Gasteiger partial charge in [0.1, 0.15) is 12.4 Å². The molecule has 0 aliphatic rings. The predicted octanol–water partition coefficient (Wildman–Crippen LogP) is 3.33. The molecule has 0 fully saturated rings. The molecule has 0 aliphatic heterocycles. The van der Waals surface area contributed by atoms with E-state index in [1.54, 1.807) is 11.3 Å². The van der Waals surface area contributed by atoms with Crippen LogP contribution >= 0.6 is 33.9 Å². The molecule has 0 saturated heterocycles. The van der Waals surface area contributed by atoms with Crippen molar-refractivity contribution < 1.29 is 4.74 Å². The summed E-state index contributed by atoms with van der Waals surface area (Å²) in [6, 6.07) is 7.98. The largest absolute Gasteiger partial charge is 0.487 e. The summed E-state index contributed by atoms with van der Waals surface area (Å²) in [5.74, 6) is 0.893. The molecule has 1 heterocycles. The van der Waals surface area contributed by atoms with Gasteiger partial charge in [0.15, 0.2) is 0 Å². The minimum absolute atomic E-state index is 0.545. The summed E-state index contributed by atoms with van der Waals surface area (Å²) in [6.07, 6.45) is 0. The molecule has 0 atom stereocenters. The normalized spacial score (nSPS) is 10.1. The molecule has 2 nitrogen and oxygen atoms in total. The molecule has 14 heavy (non-hydrogen) atoms. The van der Waals surface area contributed by atoms with Gasteiger partial charge in [-0.1, -0.05) is 6.07 Å². The molecular weight excluding hydrogens is 309 g/mol. The van der Waals surface area contributed by atoms with Crippen molar-refractivity contribution in [3.63, 3.8) is 0 Å². The van der Waals surface area contributed by atoms with Crippen LogP contribution in [0.1, 0.15) is 5.69 Å². The maximum atomic E-state index is 5.57. The minimum atomic E-state index is 0.545. The van der Waals surface area contributed by atoms with Crippen LogP contribution in [0.3, 0.4) is 0 Å². The molecular formula is C10H8INOS. The van der Waals surface area contributed by atoms with Crippen molar-refractivity contribution in [1.29, 1.82) is 0 Å². The van der Waals surface area contributed by atoms with E-state index in [9.17, 15) is 0 Å². The standard InChI is InChI=1S/C10H8INOS/c11-8-2-1-3-10(4-8)13-5-9-6-14-7-12-9/h1-4,6-7H,5H2. The monoisotopic (exact) mass is 317 g/mol. The molecule has 0 aliphatic carbocycles. The van der Waals surface area contributed by atoms with Crippen molar-refractivity contribution in [2.75, 3.05) is 0 Å². The zero-order valence-corrected chi connectivity index (χ0v) is 10.3. The maximum Gasteiger partial charge on any atom is 0.131 e. The van der Waals surface area contributed by atoms with Crippen LogP contribution in [0, 0.1) is 3.57 Å². The van der Waals surface area contributed by atoms with Gasteiger partial charge >= 0.3 is 0 Å². The third kappa shape index (κ3) is 2.68. The molecule has 0 saturated carbocycles. The zero-order chi connectivity index (χ0) is 9.80. The van der Waals surface area contributed by atoms with E-state index in [1.807, 2.05) is 35.2 Å². The fourth-order valence-corrected chi connectivity index (χ4v) is 2.08. The summed E-state index contributed by atoms with van der Waals surface area (Å²) < 4.78 is 6.75. The lowest BCUT2D eigenvalue weighted by Gasteiger charge is -2.03. The fraction of sp³-hybridized carbons (Fsp3) is 0.100. The van der Waals surface area contributed by atoms with Gasteiger partial charge in [-0.2, -0.15) is 0 Å². The second-order valence-electron chi connectivity index (χ2n) is 2.73. The smallest absolute Gasteiger partial charge is 0.131 e. The lowest BCUT2D eigenvalue weighted by molar-refractivity contribution is 0.302. The van der Waals surface area contributed by atoms with E-state index in [-0.39, 0.29) is 0 Å². The van der Waals surface area contributed by atoms with E-state index < -0.39 is 0 Å². The van der Waals surface area contributed by atoms with E-state index in [4.69, 9.17) is 4.74 Å². The van der Waals surface area contributed by atoms with Gasteiger partial charge in [-0.15, -0.1) is 11.3 Å². The maximum absolute atomic E-state index is 5.57. The molecule has 0 unspecified atom stereocenters. The Morgan fingerprint density at radius 2 is 2.36 bits per heavy atom. The van der Waals surface area contributed by atoms with E-state index in [0.717, 1.165) is 11.4 Å². The zero-order valence-electron chi connectivity index (χ0n) is 7.31. The van der Waals surface area contributed by atoms with Crippen molar-refractivity contribution in [2.45, 2.75) is 6.61 Å². The van der Waals surface area contributed by atoms with Crippen molar-refractivity contribution in [3.8, 4) is 5.75 Å². The van der Waals surface area contributed by atoms with Crippen LogP contribution in [-0.4, -0.2) is 4.98 Å². The lowest BCUT2D eigenvalue weighted by atomic mass is 10.3. The molecule has 0 amide bonds. The Bertz CT molecular complexity index is 402. The Kier molecular flexibility index (Phi) is 3.36. The highest BCUT2D eigenvalue weighted by atomic mass is 127. The molecule has 0 bridgehead atoms. The van der Waals surface area contributed by atoms with Gasteiger partial charge in [0.25, 0.3) is 0 Å².